The van der Waals surface area contributed by atoms with Gasteiger partial charge >= 0.3 is 0 Å². The maximum Gasteiger partial charge on any atom is 0.220 e. The molecule has 0 spiro atoms. The van der Waals surface area contributed by atoms with E-state index in [4.69, 9.17) is 9.47 Å². The molecule has 2 amide bonds. The highest BCUT2D eigenvalue weighted by atomic mass is 16.5. The molecule has 1 atom stereocenters. The minimum Gasteiger partial charge on any atom is -0.379 e. The van der Waals surface area contributed by atoms with Crippen LogP contribution in [0.3, 0.4) is 0 Å². The van der Waals surface area contributed by atoms with Gasteiger partial charge in [-0.2, -0.15) is 0 Å². The van der Waals surface area contributed by atoms with Gasteiger partial charge in [0.2, 0.25) is 11.8 Å². The lowest BCUT2D eigenvalue weighted by Crippen LogP contribution is -2.36. The lowest BCUT2D eigenvalue weighted by molar-refractivity contribution is -0.126. The third kappa shape index (κ3) is 21.3. The van der Waals surface area contributed by atoms with Crippen LogP contribution in [-0.4, -0.2) is 76.5 Å². The molecule has 1 rings (SSSR count). The molecule has 0 heterocycles. The van der Waals surface area contributed by atoms with Gasteiger partial charge in [-0.15, -0.1) is 0 Å². The molecule has 0 aromatic rings. The zero-order chi connectivity index (χ0) is 24.9. The molecule has 1 aliphatic rings. The number of unbranched alkanes of at least 4 members (excludes halogenated alkanes) is 2. The highest BCUT2D eigenvalue weighted by Gasteiger charge is 2.19. The van der Waals surface area contributed by atoms with Gasteiger partial charge in [0.25, 0.3) is 0 Å². The van der Waals surface area contributed by atoms with E-state index < -0.39 is 0 Å². The smallest absolute Gasteiger partial charge is 0.220 e. The molecule has 0 aromatic heterocycles. The van der Waals surface area contributed by atoms with Crippen LogP contribution in [0.2, 0.25) is 0 Å². The molecule has 0 aromatic carbocycles. The van der Waals surface area contributed by atoms with Crippen LogP contribution in [0.5, 0.6) is 0 Å². The van der Waals surface area contributed by atoms with Crippen LogP contribution in [0.15, 0.2) is 0 Å². The zero-order valence-corrected chi connectivity index (χ0v) is 22.1. The summed E-state index contributed by atoms with van der Waals surface area (Å²) < 4.78 is 11.2. The van der Waals surface area contributed by atoms with Crippen molar-refractivity contribution in [3.8, 4) is 0 Å². The first kappa shape index (κ1) is 30.8. The molecule has 0 bridgehead atoms. The van der Waals surface area contributed by atoms with Crippen molar-refractivity contribution in [2.75, 3.05) is 52.6 Å². The van der Waals surface area contributed by atoms with Crippen molar-refractivity contribution in [3.05, 3.63) is 0 Å². The summed E-state index contributed by atoms with van der Waals surface area (Å²) in [6.45, 7) is 12.4. The number of hydrogen-bond donors (Lipinski definition) is 4. The molecule has 34 heavy (non-hydrogen) atoms. The second-order valence-corrected chi connectivity index (χ2v) is 9.89. The van der Waals surface area contributed by atoms with E-state index in [9.17, 15) is 9.59 Å². The van der Waals surface area contributed by atoms with Crippen LogP contribution in [0.25, 0.3) is 0 Å². The maximum atomic E-state index is 11.9. The van der Waals surface area contributed by atoms with Gasteiger partial charge in [0.15, 0.2) is 0 Å². The number of carbonyl (C=O) groups excluding carboxylic acids is 2. The SMILES string of the molecule is CC(C)CCCNC(=O)CCC(=O)NCCNC(C)CCCCCOCCOCCNC1CC1. The molecule has 0 saturated heterocycles. The maximum absolute atomic E-state index is 11.9. The van der Waals surface area contributed by atoms with E-state index in [0.717, 1.165) is 64.4 Å². The lowest BCUT2D eigenvalue weighted by atomic mass is 10.1. The molecule has 8 heteroatoms. The Bertz CT molecular complexity index is 515. The van der Waals surface area contributed by atoms with Gasteiger partial charge in [-0.25, -0.2) is 0 Å². The second kappa shape index (κ2) is 21.1. The van der Waals surface area contributed by atoms with Gasteiger partial charge in [0, 0.05) is 57.7 Å². The van der Waals surface area contributed by atoms with E-state index in [0.29, 0.717) is 38.3 Å². The Hall–Kier alpha value is -1.22. The number of amides is 2. The van der Waals surface area contributed by atoms with Crippen LogP contribution >= 0.6 is 0 Å². The number of rotatable bonds is 24. The van der Waals surface area contributed by atoms with E-state index in [2.05, 4.69) is 42.0 Å². The second-order valence-electron chi connectivity index (χ2n) is 9.89. The predicted molar refractivity (Wildman–Crippen MR) is 138 cm³/mol. The molecule has 1 saturated carbocycles. The van der Waals surface area contributed by atoms with E-state index in [-0.39, 0.29) is 24.7 Å². The van der Waals surface area contributed by atoms with Crippen molar-refractivity contribution >= 4 is 11.8 Å². The highest BCUT2D eigenvalue weighted by molar-refractivity contribution is 5.83. The highest BCUT2D eigenvalue weighted by Crippen LogP contribution is 2.17. The molecule has 200 valence electrons. The van der Waals surface area contributed by atoms with E-state index in [1.54, 1.807) is 0 Å². The molecule has 1 fully saturated rings. The molecule has 1 unspecified atom stereocenters. The van der Waals surface area contributed by atoms with Crippen molar-refractivity contribution < 1.29 is 19.1 Å². The van der Waals surface area contributed by atoms with Crippen molar-refractivity contribution in [1.29, 1.82) is 0 Å². The molecule has 0 aliphatic heterocycles. The Morgan fingerprint density at radius 1 is 0.735 bits per heavy atom. The summed E-state index contributed by atoms with van der Waals surface area (Å²) >= 11 is 0. The Labute approximate surface area is 208 Å². The molecule has 4 N–H and O–H groups in total. The fourth-order valence-electron chi connectivity index (χ4n) is 3.54. The van der Waals surface area contributed by atoms with Crippen LogP contribution in [0, 0.1) is 5.92 Å². The molecular formula is C26H52N4O4. The minimum absolute atomic E-state index is 0.0407. The van der Waals surface area contributed by atoms with Crippen molar-refractivity contribution in [2.45, 2.75) is 97.1 Å². The lowest BCUT2D eigenvalue weighted by Gasteiger charge is -2.14. The average molecular weight is 485 g/mol. The van der Waals surface area contributed by atoms with Crippen molar-refractivity contribution in [3.63, 3.8) is 0 Å². The van der Waals surface area contributed by atoms with Gasteiger partial charge in [-0.05, 0) is 51.4 Å². The number of carbonyl (C=O) groups is 2. The Morgan fingerprint density at radius 2 is 1.41 bits per heavy atom. The van der Waals surface area contributed by atoms with E-state index in [1.165, 1.54) is 19.3 Å². The van der Waals surface area contributed by atoms with E-state index >= 15 is 0 Å². The summed E-state index contributed by atoms with van der Waals surface area (Å²) in [4.78, 5) is 23.6. The van der Waals surface area contributed by atoms with Crippen LogP contribution in [-0.2, 0) is 19.1 Å². The van der Waals surface area contributed by atoms with Crippen molar-refractivity contribution in [2.24, 2.45) is 5.92 Å². The summed E-state index contributed by atoms with van der Waals surface area (Å²) in [7, 11) is 0. The third-order valence-electron chi connectivity index (χ3n) is 5.85. The summed E-state index contributed by atoms with van der Waals surface area (Å²) in [5.41, 5.74) is 0. The summed E-state index contributed by atoms with van der Waals surface area (Å²) in [5.74, 6) is 0.548. The molecule has 1 aliphatic carbocycles. The molecule has 0 radical (unpaired) electrons. The molecular weight excluding hydrogens is 432 g/mol. The Morgan fingerprint density at radius 3 is 2.09 bits per heavy atom. The summed E-state index contributed by atoms with van der Waals surface area (Å²) in [6, 6.07) is 1.17. The van der Waals surface area contributed by atoms with Crippen LogP contribution < -0.4 is 21.3 Å². The van der Waals surface area contributed by atoms with Crippen LogP contribution in [0.4, 0.5) is 0 Å². The van der Waals surface area contributed by atoms with Crippen molar-refractivity contribution in [1.82, 2.24) is 21.3 Å². The standard InChI is InChI=1S/C26H52N4O4/c1-22(2)8-7-14-29-25(31)12-13-26(32)30-16-15-27-23(3)9-5-4-6-18-33-20-21-34-19-17-28-24-10-11-24/h22-24,27-28H,4-21H2,1-3H3,(H,29,31)(H,30,32). The zero-order valence-electron chi connectivity index (χ0n) is 22.1. The average Bonchev–Trinajstić information content (AvgIpc) is 3.63. The van der Waals surface area contributed by atoms with Gasteiger partial charge in [-0.1, -0.05) is 26.7 Å². The summed E-state index contributed by atoms with van der Waals surface area (Å²) in [6.07, 6.45) is 9.75. The van der Waals surface area contributed by atoms with E-state index in [1.807, 2.05) is 0 Å². The number of hydrogen-bond acceptors (Lipinski definition) is 6. The molecule has 8 nitrogen and oxygen atoms in total. The Kier molecular flexibility index (Phi) is 19.1. The van der Waals surface area contributed by atoms with Gasteiger partial charge < -0.3 is 30.7 Å². The van der Waals surface area contributed by atoms with Crippen LogP contribution in [0.1, 0.15) is 85.0 Å². The van der Waals surface area contributed by atoms with Gasteiger partial charge in [0.05, 0.1) is 19.8 Å². The van der Waals surface area contributed by atoms with Gasteiger partial charge in [-0.3, -0.25) is 9.59 Å². The monoisotopic (exact) mass is 484 g/mol. The normalized spacial score (nSPS) is 14.4. The fourth-order valence-corrected chi connectivity index (χ4v) is 3.54. The topological polar surface area (TPSA) is 101 Å². The minimum atomic E-state index is -0.0629. The first-order chi connectivity index (χ1) is 16.5. The predicted octanol–water partition coefficient (Wildman–Crippen LogP) is 2.76. The van der Waals surface area contributed by atoms with Gasteiger partial charge in [0.1, 0.15) is 0 Å². The summed E-state index contributed by atoms with van der Waals surface area (Å²) in [5, 5.41) is 12.6. The largest absolute Gasteiger partial charge is 0.379 e. The number of nitrogens with one attached hydrogen (secondary N) is 4. The quantitative estimate of drug-likeness (QED) is 0.157. The first-order valence-electron chi connectivity index (χ1n) is 13.6. The Balaban J connectivity index is 1.79. The third-order valence-corrected chi connectivity index (χ3v) is 5.85. The number of ether oxygens (including phenoxy) is 2. The fraction of sp³-hybridized carbons (Fsp3) is 0.923. The first-order valence-corrected chi connectivity index (χ1v) is 13.6.